The Hall–Kier alpha value is -0.480. The average Bonchev–Trinajstić information content (AvgIpc) is 2.83. The summed E-state index contributed by atoms with van der Waals surface area (Å²) < 4.78 is 8.59. The smallest absolute Gasteiger partial charge is 0.0915 e. The van der Waals surface area contributed by atoms with Crippen molar-refractivity contribution in [3.63, 3.8) is 0 Å². The van der Waals surface area contributed by atoms with Crippen LogP contribution in [-0.2, 0) is 0 Å². The molecule has 1 fully saturated rings. The number of rotatable bonds is 5. The lowest BCUT2D eigenvalue weighted by molar-refractivity contribution is 0.221. The first kappa shape index (κ1) is 13.0. The van der Waals surface area contributed by atoms with Gasteiger partial charge in [0.2, 0.25) is 0 Å². The van der Waals surface area contributed by atoms with Gasteiger partial charge in [0.05, 0.1) is 29.7 Å². The molecule has 3 nitrogen and oxygen atoms in total. The minimum atomic E-state index is 0.427. The maximum absolute atomic E-state index is 4.44. The van der Waals surface area contributed by atoms with Gasteiger partial charge in [-0.2, -0.15) is 8.75 Å². The maximum Gasteiger partial charge on any atom is 0.0915 e. The molecule has 1 aliphatic rings. The molecule has 0 radical (unpaired) electrons. The number of hydrogen-bond donors (Lipinski definition) is 1. The molecule has 1 N–H and O–H groups in total. The third-order valence-electron chi connectivity index (χ3n) is 3.76. The van der Waals surface area contributed by atoms with Gasteiger partial charge in [-0.25, -0.2) is 0 Å². The third-order valence-corrected chi connectivity index (χ3v) is 4.25. The number of nitrogens with zero attached hydrogens (tertiary/aromatic N) is 2. The molecule has 0 aromatic carbocycles. The van der Waals surface area contributed by atoms with Crippen LogP contribution < -0.4 is 5.32 Å². The van der Waals surface area contributed by atoms with Crippen LogP contribution >= 0.6 is 11.7 Å². The van der Waals surface area contributed by atoms with Crippen molar-refractivity contribution < 1.29 is 0 Å². The van der Waals surface area contributed by atoms with Crippen LogP contribution in [0.25, 0.3) is 0 Å². The standard InChI is InChI=1S/C13H23N3S/c1-3-7-14-13(12-9-15-17-16-12)11-6-4-5-10(2)8-11/h9-11,13-14H,3-8H2,1-2H3. The highest BCUT2D eigenvalue weighted by atomic mass is 32.1. The Morgan fingerprint density at radius 2 is 2.41 bits per heavy atom. The summed E-state index contributed by atoms with van der Waals surface area (Å²) in [5.41, 5.74) is 1.16. The van der Waals surface area contributed by atoms with Crippen molar-refractivity contribution in [2.45, 2.75) is 52.0 Å². The van der Waals surface area contributed by atoms with E-state index in [1.807, 2.05) is 6.20 Å². The topological polar surface area (TPSA) is 37.8 Å². The molecule has 4 heteroatoms. The monoisotopic (exact) mass is 253 g/mol. The van der Waals surface area contributed by atoms with Gasteiger partial charge in [0, 0.05) is 0 Å². The Morgan fingerprint density at radius 3 is 3.06 bits per heavy atom. The van der Waals surface area contributed by atoms with E-state index in [9.17, 15) is 0 Å². The van der Waals surface area contributed by atoms with Crippen LogP contribution in [0.1, 0.15) is 57.7 Å². The summed E-state index contributed by atoms with van der Waals surface area (Å²) in [7, 11) is 0. The van der Waals surface area contributed by atoms with Crippen LogP contribution in [0.2, 0.25) is 0 Å². The highest BCUT2D eigenvalue weighted by Crippen LogP contribution is 2.36. The van der Waals surface area contributed by atoms with Gasteiger partial charge in [-0.3, -0.25) is 0 Å². The van der Waals surface area contributed by atoms with Crippen molar-refractivity contribution >= 4 is 11.7 Å². The second kappa shape index (κ2) is 6.45. The van der Waals surface area contributed by atoms with E-state index >= 15 is 0 Å². The lowest BCUT2D eigenvalue weighted by atomic mass is 9.78. The van der Waals surface area contributed by atoms with E-state index in [0.717, 1.165) is 24.1 Å². The largest absolute Gasteiger partial charge is 0.308 e. The fraction of sp³-hybridized carbons (Fsp3) is 0.846. The number of aromatic nitrogens is 2. The predicted octanol–water partition coefficient (Wildman–Crippen LogP) is 3.41. The predicted molar refractivity (Wildman–Crippen MR) is 72.1 cm³/mol. The molecular weight excluding hydrogens is 230 g/mol. The molecule has 3 atom stereocenters. The van der Waals surface area contributed by atoms with Crippen LogP contribution in [0.5, 0.6) is 0 Å². The molecular formula is C13H23N3S. The lowest BCUT2D eigenvalue weighted by Gasteiger charge is -2.32. The van der Waals surface area contributed by atoms with E-state index in [-0.39, 0.29) is 0 Å². The molecule has 1 aliphatic carbocycles. The minimum absolute atomic E-state index is 0.427. The molecule has 0 amide bonds. The van der Waals surface area contributed by atoms with E-state index in [4.69, 9.17) is 0 Å². The van der Waals surface area contributed by atoms with Gasteiger partial charge in [-0.15, -0.1) is 0 Å². The van der Waals surface area contributed by atoms with E-state index in [2.05, 4.69) is 27.9 Å². The van der Waals surface area contributed by atoms with Gasteiger partial charge in [-0.05, 0) is 37.6 Å². The highest BCUT2D eigenvalue weighted by molar-refractivity contribution is 6.99. The second-order valence-electron chi connectivity index (χ2n) is 5.30. The van der Waals surface area contributed by atoms with Crippen LogP contribution in [0.3, 0.4) is 0 Å². The molecule has 17 heavy (non-hydrogen) atoms. The Labute approximate surface area is 108 Å². The zero-order valence-corrected chi connectivity index (χ0v) is 11.7. The van der Waals surface area contributed by atoms with Gasteiger partial charge in [0.15, 0.2) is 0 Å². The zero-order chi connectivity index (χ0) is 12.1. The Morgan fingerprint density at radius 1 is 1.53 bits per heavy atom. The molecule has 0 spiro atoms. The average molecular weight is 253 g/mol. The summed E-state index contributed by atoms with van der Waals surface area (Å²) in [6.45, 7) is 5.67. The molecule has 0 aliphatic heterocycles. The first-order valence-electron chi connectivity index (χ1n) is 6.82. The van der Waals surface area contributed by atoms with E-state index in [1.54, 1.807) is 0 Å². The van der Waals surface area contributed by atoms with E-state index in [0.29, 0.717) is 6.04 Å². The first-order valence-corrected chi connectivity index (χ1v) is 7.55. The maximum atomic E-state index is 4.44. The van der Waals surface area contributed by atoms with Gasteiger partial charge < -0.3 is 5.32 Å². The summed E-state index contributed by atoms with van der Waals surface area (Å²) in [4.78, 5) is 0. The van der Waals surface area contributed by atoms with Crippen molar-refractivity contribution in [3.05, 3.63) is 11.9 Å². The highest BCUT2D eigenvalue weighted by Gasteiger charge is 2.28. The van der Waals surface area contributed by atoms with Gasteiger partial charge in [0.1, 0.15) is 0 Å². The van der Waals surface area contributed by atoms with Crippen molar-refractivity contribution in [1.29, 1.82) is 0 Å². The molecule has 1 aromatic rings. The minimum Gasteiger partial charge on any atom is -0.308 e. The quantitative estimate of drug-likeness (QED) is 0.874. The third kappa shape index (κ3) is 3.49. The first-order chi connectivity index (χ1) is 8.31. The van der Waals surface area contributed by atoms with Gasteiger partial charge in [0.25, 0.3) is 0 Å². The SMILES string of the molecule is CCCNC(c1cnsn1)C1CCCC(C)C1. The summed E-state index contributed by atoms with van der Waals surface area (Å²) in [6, 6.07) is 0.427. The van der Waals surface area contributed by atoms with E-state index < -0.39 is 0 Å². The molecule has 1 heterocycles. The Bertz CT molecular complexity index is 312. The van der Waals surface area contributed by atoms with Crippen LogP contribution in [0.4, 0.5) is 0 Å². The summed E-state index contributed by atoms with van der Waals surface area (Å²) in [5, 5.41) is 3.67. The van der Waals surface area contributed by atoms with Crippen molar-refractivity contribution in [2.24, 2.45) is 11.8 Å². The lowest BCUT2D eigenvalue weighted by Crippen LogP contribution is -2.32. The fourth-order valence-corrected chi connectivity index (χ4v) is 3.36. The second-order valence-corrected chi connectivity index (χ2v) is 5.85. The summed E-state index contributed by atoms with van der Waals surface area (Å²) in [5.74, 6) is 1.61. The zero-order valence-electron chi connectivity index (χ0n) is 10.9. The van der Waals surface area contributed by atoms with Crippen LogP contribution in [-0.4, -0.2) is 15.3 Å². The Balaban J connectivity index is 2.03. The number of hydrogen-bond acceptors (Lipinski definition) is 4. The van der Waals surface area contributed by atoms with Gasteiger partial charge in [-0.1, -0.05) is 26.7 Å². The molecule has 0 saturated heterocycles. The molecule has 2 rings (SSSR count). The molecule has 96 valence electrons. The van der Waals surface area contributed by atoms with Crippen molar-refractivity contribution in [2.75, 3.05) is 6.54 Å². The van der Waals surface area contributed by atoms with E-state index in [1.165, 1.54) is 43.8 Å². The summed E-state index contributed by atoms with van der Waals surface area (Å²) >= 11 is 1.33. The van der Waals surface area contributed by atoms with Gasteiger partial charge >= 0.3 is 0 Å². The molecule has 1 aromatic heterocycles. The number of nitrogens with one attached hydrogen (secondary N) is 1. The molecule has 1 saturated carbocycles. The molecule has 3 unspecified atom stereocenters. The van der Waals surface area contributed by atoms with Crippen molar-refractivity contribution in [3.8, 4) is 0 Å². The van der Waals surface area contributed by atoms with Crippen LogP contribution in [0, 0.1) is 11.8 Å². The van der Waals surface area contributed by atoms with Crippen LogP contribution in [0.15, 0.2) is 6.20 Å². The normalized spacial score (nSPS) is 26.9. The fourth-order valence-electron chi connectivity index (χ4n) is 2.91. The molecule has 0 bridgehead atoms. The Kier molecular flexibility index (Phi) is 4.92. The van der Waals surface area contributed by atoms with Crippen molar-refractivity contribution in [1.82, 2.24) is 14.1 Å². The summed E-state index contributed by atoms with van der Waals surface area (Å²) in [6.07, 6.45) is 8.55.